The number of sulfonamides is 1. The summed E-state index contributed by atoms with van der Waals surface area (Å²) in [6, 6.07) is 14.5. The van der Waals surface area contributed by atoms with E-state index >= 15 is 0 Å². The van der Waals surface area contributed by atoms with E-state index in [0.717, 1.165) is 4.31 Å². The number of amides is 1. The second-order valence-corrected chi connectivity index (χ2v) is 8.72. The topological polar surface area (TPSA) is 66.5 Å². The zero-order valence-electron chi connectivity index (χ0n) is 14.4. The molecule has 5 nitrogen and oxygen atoms in total. The molecule has 0 fully saturated rings. The van der Waals surface area contributed by atoms with Gasteiger partial charge in [0.1, 0.15) is 5.82 Å². The Bertz CT molecular complexity index is 829. The first kappa shape index (κ1) is 20.4. The molecule has 2 rings (SSSR count). The van der Waals surface area contributed by atoms with E-state index in [4.69, 9.17) is 0 Å². The molecule has 0 aliphatic carbocycles. The van der Waals surface area contributed by atoms with Gasteiger partial charge in [0.25, 0.3) is 0 Å². The highest BCUT2D eigenvalue weighted by Crippen LogP contribution is 2.15. The minimum absolute atomic E-state index is 0.149. The molecule has 0 aliphatic rings. The monoisotopic (exact) mass is 396 g/mol. The molecule has 2 aromatic carbocycles. The summed E-state index contributed by atoms with van der Waals surface area (Å²) < 4.78 is 39.2. The van der Waals surface area contributed by atoms with Crippen molar-refractivity contribution in [2.45, 2.75) is 10.6 Å². The number of benzene rings is 2. The third-order valence-corrected chi connectivity index (χ3v) is 6.43. The molecule has 1 amide bonds. The Labute approximate surface area is 157 Å². The Kier molecular flexibility index (Phi) is 7.62. The summed E-state index contributed by atoms with van der Waals surface area (Å²) in [4.78, 5) is 12.1. The number of likely N-dealkylation sites (N-methyl/N-ethyl adjacent to an activating group) is 1. The van der Waals surface area contributed by atoms with Crippen molar-refractivity contribution in [3.63, 3.8) is 0 Å². The van der Waals surface area contributed by atoms with Gasteiger partial charge < -0.3 is 5.32 Å². The lowest BCUT2D eigenvalue weighted by atomic mass is 10.2. The Morgan fingerprint density at radius 1 is 1.12 bits per heavy atom. The number of thioether (sulfide) groups is 1. The Balaban J connectivity index is 1.72. The lowest BCUT2D eigenvalue weighted by Gasteiger charge is -2.16. The summed E-state index contributed by atoms with van der Waals surface area (Å²) in [6.45, 7) is 0.131. The van der Waals surface area contributed by atoms with Gasteiger partial charge in [0.2, 0.25) is 15.9 Å². The highest BCUT2D eigenvalue weighted by atomic mass is 32.2. The SMILES string of the molecule is CN(CC(=O)NCCSCc1ccccc1F)S(=O)(=O)c1ccccc1. The molecule has 0 unspecified atom stereocenters. The minimum atomic E-state index is -3.68. The standard InChI is InChI=1S/C18H21FN2O3S2/c1-21(26(23,24)16-8-3-2-4-9-16)13-18(22)20-11-12-25-14-15-7-5-6-10-17(15)19/h2-10H,11-14H2,1H3,(H,20,22). The predicted octanol–water partition coefficient (Wildman–Crippen LogP) is 2.50. The van der Waals surface area contributed by atoms with Crippen LogP contribution in [0.15, 0.2) is 59.5 Å². The van der Waals surface area contributed by atoms with Crippen LogP contribution in [-0.2, 0) is 20.6 Å². The fourth-order valence-electron chi connectivity index (χ4n) is 2.18. The molecule has 8 heteroatoms. The van der Waals surface area contributed by atoms with Crippen LogP contribution in [0.3, 0.4) is 0 Å². The van der Waals surface area contributed by atoms with Crippen molar-refractivity contribution in [2.75, 3.05) is 25.9 Å². The third kappa shape index (κ3) is 5.82. The Hall–Kier alpha value is -1.90. The number of carbonyl (C=O) groups excluding carboxylic acids is 1. The second-order valence-electron chi connectivity index (χ2n) is 5.57. The summed E-state index contributed by atoms with van der Waals surface area (Å²) in [5.74, 6) is 0.510. The Morgan fingerprint density at radius 3 is 2.46 bits per heavy atom. The van der Waals surface area contributed by atoms with Gasteiger partial charge in [-0.25, -0.2) is 12.8 Å². The van der Waals surface area contributed by atoms with E-state index in [2.05, 4.69) is 5.32 Å². The van der Waals surface area contributed by atoms with Gasteiger partial charge in [-0.1, -0.05) is 36.4 Å². The first-order valence-electron chi connectivity index (χ1n) is 8.00. The van der Waals surface area contributed by atoms with Crippen LogP contribution in [0.25, 0.3) is 0 Å². The molecule has 2 aromatic rings. The molecule has 0 saturated carbocycles. The van der Waals surface area contributed by atoms with Gasteiger partial charge in [0.15, 0.2) is 0 Å². The van der Waals surface area contributed by atoms with E-state index < -0.39 is 10.0 Å². The lowest BCUT2D eigenvalue weighted by Crippen LogP contribution is -2.39. The normalized spacial score (nSPS) is 11.5. The van der Waals surface area contributed by atoms with Gasteiger partial charge in [-0.15, -0.1) is 0 Å². The van der Waals surface area contributed by atoms with Gasteiger partial charge in [-0.05, 0) is 23.8 Å². The molecule has 0 bridgehead atoms. The molecule has 0 aliphatic heterocycles. The maximum atomic E-state index is 13.5. The molecule has 0 radical (unpaired) electrons. The molecule has 0 atom stereocenters. The number of hydrogen-bond acceptors (Lipinski definition) is 4. The quantitative estimate of drug-likeness (QED) is 0.662. The van der Waals surface area contributed by atoms with Crippen LogP contribution in [-0.4, -0.2) is 44.5 Å². The maximum Gasteiger partial charge on any atom is 0.243 e. The summed E-state index contributed by atoms with van der Waals surface area (Å²) in [5.41, 5.74) is 0.623. The molecule has 0 saturated heterocycles. The minimum Gasteiger partial charge on any atom is -0.354 e. The van der Waals surface area contributed by atoms with E-state index in [9.17, 15) is 17.6 Å². The van der Waals surface area contributed by atoms with Gasteiger partial charge in [0.05, 0.1) is 11.4 Å². The molecule has 0 aromatic heterocycles. The maximum absolute atomic E-state index is 13.5. The van der Waals surface area contributed by atoms with Crippen molar-refractivity contribution in [1.82, 2.24) is 9.62 Å². The number of nitrogens with zero attached hydrogens (tertiary/aromatic N) is 1. The summed E-state index contributed by atoms with van der Waals surface area (Å²) in [6.07, 6.45) is 0. The van der Waals surface area contributed by atoms with Gasteiger partial charge in [-0.3, -0.25) is 4.79 Å². The highest BCUT2D eigenvalue weighted by molar-refractivity contribution is 7.98. The van der Waals surface area contributed by atoms with Gasteiger partial charge >= 0.3 is 0 Å². The van der Waals surface area contributed by atoms with Crippen LogP contribution in [0, 0.1) is 5.82 Å². The number of nitrogens with one attached hydrogen (secondary N) is 1. The number of halogens is 1. The zero-order chi connectivity index (χ0) is 19.0. The largest absolute Gasteiger partial charge is 0.354 e. The number of hydrogen-bond donors (Lipinski definition) is 1. The molecule has 26 heavy (non-hydrogen) atoms. The van der Waals surface area contributed by atoms with E-state index in [0.29, 0.717) is 23.6 Å². The predicted molar refractivity (Wildman–Crippen MR) is 102 cm³/mol. The van der Waals surface area contributed by atoms with Crippen molar-refractivity contribution >= 4 is 27.7 Å². The van der Waals surface area contributed by atoms with Crippen LogP contribution in [0.4, 0.5) is 4.39 Å². The number of rotatable bonds is 9. The van der Waals surface area contributed by atoms with Gasteiger partial charge in [-0.2, -0.15) is 16.1 Å². The van der Waals surface area contributed by atoms with Crippen LogP contribution in [0.2, 0.25) is 0 Å². The fourth-order valence-corrected chi connectivity index (χ4v) is 4.17. The molecule has 140 valence electrons. The summed E-state index contributed by atoms with van der Waals surface area (Å²) in [5, 5.41) is 2.68. The Morgan fingerprint density at radius 2 is 1.77 bits per heavy atom. The molecular weight excluding hydrogens is 375 g/mol. The molecule has 0 spiro atoms. The smallest absolute Gasteiger partial charge is 0.243 e. The third-order valence-electron chi connectivity index (χ3n) is 3.60. The van der Waals surface area contributed by atoms with Gasteiger partial charge in [0, 0.05) is 25.1 Å². The van der Waals surface area contributed by atoms with Crippen molar-refractivity contribution in [2.24, 2.45) is 0 Å². The van der Waals surface area contributed by atoms with E-state index in [-0.39, 0.29) is 23.2 Å². The average molecular weight is 397 g/mol. The molecule has 0 heterocycles. The second kappa shape index (κ2) is 9.70. The van der Waals surface area contributed by atoms with E-state index in [1.165, 1.54) is 37.0 Å². The van der Waals surface area contributed by atoms with Crippen LogP contribution >= 0.6 is 11.8 Å². The van der Waals surface area contributed by atoms with Crippen LogP contribution in [0.1, 0.15) is 5.56 Å². The summed E-state index contributed by atoms with van der Waals surface area (Å²) >= 11 is 1.50. The first-order chi connectivity index (χ1) is 12.4. The summed E-state index contributed by atoms with van der Waals surface area (Å²) in [7, 11) is -2.31. The lowest BCUT2D eigenvalue weighted by molar-refractivity contribution is -0.121. The zero-order valence-corrected chi connectivity index (χ0v) is 16.0. The average Bonchev–Trinajstić information content (AvgIpc) is 2.63. The molecule has 1 N–H and O–H groups in total. The van der Waals surface area contributed by atoms with Crippen LogP contribution in [0.5, 0.6) is 0 Å². The number of carbonyl (C=O) groups is 1. The van der Waals surface area contributed by atoms with Crippen LogP contribution < -0.4 is 5.32 Å². The van der Waals surface area contributed by atoms with Crippen molar-refractivity contribution < 1.29 is 17.6 Å². The van der Waals surface area contributed by atoms with Crippen molar-refractivity contribution in [3.8, 4) is 0 Å². The van der Waals surface area contributed by atoms with E-state index in [1.807, 2.05) is 0 Å². The fraction of sp³-hybridized carbons (Fsp3) is 0.278. The van der Waals surface area contributed by atoms with Crippen molar-refractivity contribution in [1.29, 1.82) is 0 Å². The highest BCUT2D eigenvalue weighted by Gasteiger charge is 2.22. The molecular formula is C18H21FN2O3S2. The first-order valence-corrected chi connectivity index (χ1v) is 10.6. The van der Waals surface area contributed by atoms with Crippen molar-refractivity contribution in [3.05, 3.63) is 66.0 Å². The van der Waals surface area contributed by atoms with E-state index in [1.54, 1.807) is 36.4 Å².